The number of aromatic nitrogens is 1. The van der Waals surface area contributed by atoms with Gasteiger partial charge >= 0.3 is 6.18 Å². The van der Waals surface area contributed by atoms with Crippen LogP contribution < -0.4 is 10.6 Å². The van der Waals surface area contributed by atoms with Crippen LogP contribution in [0.5, 0.6) is 0 Å². The van der Waals surface area contributed by atoms with E-state index < -0.39 is 11.9 Å². The third-order valence-electron chi connectivity index (χ3n) is 5.32. The predicted octanol–water partition coefficient (Wildman–Crippen LogP) is 4.27. The summed E-state index contributed by atoms with van der Waals surface area (Å²) < 4.78 is 43.9. The maximum Gasteiger partial charge on any atom is 0.434 e. The second kappa shape index (κ2) is 9.78. The van der Waals surface area contributed by atoms with Crippen molar-refractivity contribution in [3.63, 3.8) is 0 Å². The third-order valence-corrected chi connectivity index (χ3v) is 6.15. The van der Waals surface area contributed by atoms with Crippen LogP contribution in [0.4, 0.5) is 13.2 Å². The van der Waals surface area contributed by atoms with E-state index in [1.165, 1.54) is 11.1 Å². The van der Waals surface area contributed by atoms with Crippen molar-refractivity contribution in [1.82, 2.24) is 15.6 Å². The molecule has 1 aromatic heterocycles. The molecule has 1 aromatic carbocycles. The smallest absolute Gasteiger partial charge is 0.381 e. The molecule has 0 atom stereocenters. The summed E-state index contributed by atoms with van der Waals surface area (Å²) in [4.78, 5) is 8.11. The molecule has 1 aliphatic rings. The number of hydrogen-bond donors (Lipinski definition) is 2. The average Bonchev–Trinajstić information content (AvgIpc) is 3.21. The summed E-state index contributed by atoms with van der Waals surface area (Å²) in [5.41, 5.74) is 1.60. The zero-order valence-corrected chi connectivity index (χ0v) is 18.0. The Balaban J connectivity index is 1.74. The van der Waals surface area contributed by atoms with Gasteiger partial charge in [0.1, 0.15) is 5.01 Å². The first-order valence-electron chi connectivity index (χ1n) is 10.0. The van der Waals surface area contributed by atoms with Crippen LogP contribution >= 0.6 is 11.3 Å². The van der Waals surface area contributed by atoms with Crippen LogP contribution in [0.1, 0.15) is 41.6 Å². The molecule has 1 aliphatic heterocycles. The zero-order valence-electron chi connectivity index (χ0n) is 17.2. The van der Waals surface area contributed by atoms with Gasteiger partial charge < -0.3 is 15.4 Å². The van der Waals surface area contributed by atoms with Gasteiger partial charge in [0.25, 0.3) is 0 Å². The van der Waals surface area contributed by atoms with Crippen molar-refractivity contribution in [2.24, 2.45) is 4.99 Å². The number of halogens is 3. The molecule has 30 heavy (non-hydrogen) atoms. The molecule has 2 N–H and O–H groups in total. The maximum absolute atomic E-state index is 12.8. The summed E-state index contributed by atoms with van der Waals surface area (Å²) in [7, 11) is 0. The van der Waals surface area contributed by atoms with Gasteiger partial charge in [0.05, 0.1) is 6.54 Å². The lowest BCUT2D eigenvalue weighted by Gasteiger charge is -2.39. The summed E-state index contributed by atoms with van der Waals surface area (Å²) in [6.45, 7) is 6.87. The lowest BCUT2D eigenvalue weighted by atomic mass is 9.72. The standard InChI is InChI=1S/C21H27F3N4OS/c1-3-25-19(26-12-18-28-17(13-30-18)21(22,23)24)27-14-20(8-10-29-11-9-20)16-7-5-4-6-15(16)2/h4-7,13H,3,8-12,14H2,1-2H3,(H2,25,26,27). The number of aryl methyl sites for hydroxylation is 1. The zero-order chi connectivity index (χ0) is 21.6. The maximum atomic E-state index is 12.8. The highest BCUT2D eigenvalue weighted by Gasteiger charge is 2.36. The molecule has 0 radical (unpaired) electrons. The van der Waals surface area contributed by atoms with Crippen LogP contribution in [0.25, 0.3) is 0 Å². The number of benzene rings is 1. The van der Waals surface area contributed by atoms with Gasteiger partial charge in [-0.1, -0.05) is 24.3 Å². The lowest BCUT2D eigenvalue weighted by Crippen LogP contribution is -2.48. The molecular formula is C21H27F3N4OS. The van der Waals surface area contributed by atoms with E-state index in [2.05, 4.69) is 45.7 Å². The van der Waals surface area contributed by atoms with Gasteiger partial charge in [-0.2, -0.15) is 13.2 Å². The minimum atomic E-state index is -4.43. The van der Waals surface area contributed by atoms with Crippen LogP contribution in [-0.4, -0.2) is 37.2 Å². The molecule has 0 saturated carbocycles. The highest BCUT2D eigenvalue weighted by Crippen LogP contribution is 2.36. The number of aliphatic imine (C=N–C) groups is 1. The number of nitrogens with zero attached hydrogens (tertiary/aromatic N) is 2. The third kappa shape index (κ3) is 5.51. The number of thiazole rings is 1. The van der Waals surface area contributed by atoms with E-state index in [9.17, 15) is 13.2 Å². The molecule has 9 heteroatoms. The highest BCUT2D eigenvalue weighted by molar-refractivity contribution is 7.09. The Kier molecular flexibility index (Phi) is 7.36. The quantitative estimate of drug-likeness (QED) is 0.520. The first-order chi connectivity index (χ1) is 14.3. The molecule has 0 amide bonds. The Labute approximate surface area is 178 Å². The molecule has 3 rings (SSSR count). The van der Waals surface area contributed by atoms with E-state index in [1.807, 2.05) is 13.0 Å². The number of hydrogen-bond acceptors (Lipinski definition) is 4. The minimum absolute atomic E-state index is 0.0789. The van der Waals surface area contributed by atoms with Crippen molar-refractivity contribution in [1.29, 1.82) is 0 Å². The topological polar surface area (TPSA) is 58.5 Å². The van der Waals surface area contributed by atoms with Gasteiger partial charge in [-0.05, 0) is 37.8 Å². The summed E-state index contributed by atoms with van der Waals surface area (Å²) in [5.74, 6) is 0.570. The average molecular weight is 441 g/mol. The number of guanidine groups is 1. The summed E-state index contributed by atoms with van der Waals surface area (Å²) in [6.07, 6.45) is -2.64. The molecule has 2 aromatic rings. The van der Waals surface area contributed by atoms with E-state index in [1.54, 1.807) is 0 Å². The van der Waals surface area contributed by atoms with E-state index in [-0.39, 0.29) is 12.0 Å². The van der Waals surface area contributed by atoms with Crippen LogP contribution in [-0.2, 0) is 22.9 Å². The van der Waals surface area contributed by atoms with Gasteiger partial charge in [-0.15, -0.1) is 11.3 Å². The molecule has 0 aliphatic carbocycles. The Morgan fingerprint density at radius 2 is 1.97 bits per heavy atom. The van der Waals surface area contributed by atoms with E-state index in [0.29, 0.717) is 37.3 Å². The van der Waals surface area contributed by atoms with Crippen molar-refractivity contribution >= 4 is 17.3 Å². The molecule has 0 unspecified atom stereocenters. The van der Waals surface area contributed by atoms with Gasteiger partial charge in [0.2, 0.25) is 0 Å². The molecule has 164 valence electrons. The van der Waals surface area contributed by atoms with Crippen molar-refractivity contribution in [2.75, 3.05) is 26.3 Å². The molecule has 1 fully saturated rings. The fourth-order valence-electron chi connectivity index (χ4n) is 3.73. The van der Waals surface area contributed by atoms with Gasteiger partial charge in [0.15, 0.2) is 11.7 Å². The van der Waals surface area contributed by atoms with E-state index >= 15 is 0 Å². The van der Waals surface area contributed by atoms with Crippen LogP contribution in [0.3, 0.4) is 0 Å². The summed E-state index contributed by atoms with van der Waals surface area (Å²) >= 11 is 0.970. The number of alkyl halides is 3. The Hall–Kier alpha value is -2.13. The largest absolute Gasteiger partial charge is 0.434 e. The second-order valence-corrected chi connectivity index (χ2v) is 8.32. The van der Waals surface area contributed by atoms with Crippen molar-refractivity contribution < 1.29 is 17.9 Å². The van der Waals surface area contributed by atoms with Crippen molar-refractivity contribution in [2.45, 2.75) is 44.8 Å². The normalized spacial score (nSPS) is 17.0. The Morgan fingerprint density at radius 1 is 1.23 bits per heavy atom. The van der Waals surface area contributed by atoms with Crippen molar-refractivity contribution in [3.05, 3.63) is 51.5 Å². The predicted molar refractivity (Wildman–Crippen MR) is 113 cm³/mol. The Bertz CT molecular complexity index is 860. The fraction of sp³-hybridized carbons (Fsp3) is 0.524. The second-order valence-electron chi connectivity index (χ2n) is 7.38. The van der Waals surface area contributed by atoms with Crippen LogP contribution in [0, 0.1) is 6.92 Å². The van der Waals surface area contributed by atoms with Crippen LogP contribution in [0.15, 0.2) is 34.6 Å². The molecular weight excluding hydrogens is 413 g/mol. The Morgan fingerprint density at radius 3 is 2.60 bits per heavy atom. The van der Waals surface area contributed by atoms with Gasteiger partial charge in [-0.25, -0.2) is 9.98 Å². The SMILES string of the molecule is CCNC(=NCc1nc(C(F)(F)F)cs1)NCC1(c2ccccc2C)CCOCC1. The monoisotopic (exact) mass is 440 g/mol. The molecule has 0 bridgehead atoms. The number of rotatable bonds is 6. The molecule has 2 heterocycles. The first-order valence-corrected chi connectivity index (χ1v) is 10.9. The molecule has 0 spiro atoms. The van der Waals surface area contributed by atoms with Crippen LogP contribution in [0.2, 0.25) is 0 Å². The summed E-state index contributed by atoms with van der Waals surface area (Å²) in [6, 6.07) is 8.38. The number of ether oxygens (including phenoxy) is 1. The highest BCUT2D eigenvalue weighted by atomic mass is 32.1. The fourth-order valence-corrected chi connectivity index (χ4v) is 4.45. The van der Waals surface area contributed by atoms with E-state index in [4.69, 9.17) is 4.74 Å². The lowest BCUT2D eigenvalue weighted by molar-refractivity contribution is -0.140. The van der Waals surface area contributed by atoms with Crippen molar-refractivity contribution in [3.8, 4) is 0 Å². The van der Waals surface area contributed by atoms with Gasteiger partial charge in [-0.3, -0.25) is 0 Å². The van der Waals surface area contributed by atoms with Gasteiger partial charge in [0, 0.05) is 37.1 Å². The first kappa shape index (κ1) is 22.6. The number of nitrogens with one attached hydrogen (secondary N) is 2. The minimum Gasteiger partial charge on any atom is -0.381 e. The summed E-state index contributed by atoms with van der Waals surface area (Å²) in [5, 5.41) is 7.94. The van der Waals surface area contributed by atoms with E-state index in [0.717, 1.165) is 29.6 Å². The molecule has 5 nitrogen and oxygen atoms in total. The molecule has 1 saturated heterocycles.